The van der Waals surface area contributed by atoms with Crippen LogP contribution in [0.3, 0.4) is 0 Å². The molecule has 58 heavy (non-hydrogen) atoms. The Bertz CT molecular complexity index is 2540. The molecule has 0 spiro atoms. The van der Waals surface area contributed by atoms with Gasteiger partial charge in [-0.05, 0) is 122 Å². The molecule has 0 saturated carbocycles. The number of aromatic nitrogens is 4. The van der Waals surface area contributed by atoms with Crippen molar-refractivity contribution in [3.05, 3.63) is 82.0 Å². The van der Waals surface area contributed by atoms with Crippen LogP contribution in [0.5, 0.6) is 23.0 Å². The predicted molar refractivity (Wildman–Crippen MR) is 227 cm³/mol. The number of hydrogen-bond donors (Lipinski definition) is 0. The van der Waals surface area contributed by atoms with Crippen LogP contribution < -0.4 is 76.9 Å². The molecule has 10 rings (SSSR count). The second-order valence-corrected chi connectivity index (χ2v) is 17.8. The van der Waals surface area contributed by atoms with Crippen molar-refractivity contribution in [1.29, 1.82) is 0 Å². The summed E-state index contributed by atoms with van der Waals surface area (Å²) < 4.78 is 43.2. The first-order valence-electron chi connectivity index (χ1n) is 18.1. The third-order valence-corrected chi connectivity index (χ3v) is 12.4. The number of carboxylic acids is 1. The Morgan fingerprint density at radius 3 is 1.64 bits per heavy atom. The van der Waals surface area contributed by atoms with Gasteiger partial charge < -0.3 is 38.0 Å². The monoisotopic (exact) mass is 938 g/mol. The molecule has 4 aliphatic rings. The third-order valence-electron chi connectivity index (χ3n) is 11.2. The molecular weight excluding hydrogens is 897 g/mol. The van der Waals surface area contributed by atoms with E-state index in [4.69, 9.17) is 43.1 Å². The molecule has 2 fully saturated rings. The zero-order valence-electron chi connectivity index (χ0n) is 33.4. The first-order chi connectivity index (χ1) is 26.3. The number of carbonyl (C=O) groups is 1. The Kier molecular flexibility index (Phi) is 12.5. The van der Waals surface area contributed by atoms with E-state index in [1.54, 1.807) is 0 Å². The fraction of sp³-hybridized carbons (Fsp3) is 0.341. The van der Waals surface area contributed by atoms with Crippen LogP contribution in [0, 0.1) is 0 Å². The quantitative estimate of drug-likeness (QED) is 0.224. The van der Waals surface area contributed by atoms with Crippen LogP contribution in [-0.4, -0.2) is 62.2 Å². The van der Waals surface area contributed by atoms with Gasteiger partial charge in [-0.25, -0.2) is 9.36 Å². The van der Waals surface area contributed by atoms with Crippen molar-refractivity contribution in [2.45, 2.75) is 92.1 Å². The van der Waals surface area contributed by atoms with Crippen molar-refractivity contribution in [3.63, 3.8) is 0 Å². The topological polar surface area (TPSA) is 131 Å². The van der Waals surface area contributed by atoms with E-state index in [1.165, 1.54) is 0 Å². The van der Waals surface area contributed by atoms with Gasteiger partial charge in [0.25, 0.3) is 0 Å². The molecule has 0 aliphatic carbocycles. The van der Waals surface area contributed by atoms with Gasteiger partial charge in [0.2, 0.25) is 0 Å². The average Bonchev–Trinajstić information content (AvgIpc) is 3.85. The van der Waals surface area contributed by atoms with Gasteiger partial charge in [0.1, 0.15) is 22.4 Å². The van der Waals surface area contributed by atoms with E-state index in [9.17, 15) is 0 Å². The SMILES string of the molecule is Brc1ccc2c(c1)Oc1ccc(Br)c3cnn-2c13.C.CC(=O)[O-].CC1(C)OB(c2ccc3c(c2)Oc2ccc(B4OC(C)(C)C(C)(C)O4)c4cnn-3c24)OC1(C)C.[K+]. The standard InChI is InChI=1S/C25H30B2N2O5.C13H6Br2N2O.C2H4O2.CH4.K/c1-22(2)23(3,4)32-26(31-22)15-9-11-18-20(13-15)30-19-12-10-17(16-14-28-29(18)21(16)19)27-33-24(5,6)25(7,8)34-27;14-7-1-3-10-12(5-7)18-11-4-2-9(15)8-6-16-17(10)13(8)11;1-2(3)4;;/h9-14H,1-8H3;1-6H;1H3,(H,3,4);1H4;/q;;;;+1/p-1. The predicted octanol–water partition coefficient (Wildman–Crippen LogP) is 4.78. The minimum atomic E-state index is -1.08. The van der Waals surface area contributed by atoms with E-state index in [-0.39, 0.29) is 58.8 Å². The number of carbonyl (C=O) groups excluding carboxylic acids is 1. The minimum absolute atomic E-state index is 0. The molecule has 6 aromatic rings. The Morgan fingerprint density at radius 1 is 0.638 bits per heavy atom. The Labute approximate surface area is 398 Å². The van der Waals surface area contributed by atoms with Crippen molar-refractivity contribution in [1.82, 2.24) is 19.6 Å². The van der Waals surface area contributed by atoms with Gasteiger partial charge in [0.15, 0.2) is 23.0 Å². The summed E-state index contributed by atoms with van der Waals surface area (Å²) in [5.41, 5.74) is 3.96. The van der Waals surface area contributed by atoms with Crippen LogP contribution in [0.2, 0.25) is 0 Å². The zero-order chi connectivity index (χ0) is 40.1. The number of carboxylic acid groups (broad SMARTS) is 1. The number of rotatable bonds is 2. The van der Waals surface area contributed by atoms with Gasteiger partial charge in [-0.1, -0.05) is 51.4 Å². The Morgan fingerprint density at radius 2 is 1.09 bits per heavy atom. The normalized spacial score (nSPS) is 17.9. The van der Waals surface area contributed by atoms with Gasteiger partial charge in [0, 0.05) is 25.7 Å². The van der Waals surface area contributed by atoms with Crippen molar-refractivity contribution in [2.75, 3.05) is 0 Å². The van der Waals surface area contributed by atoms with E-state index in [0.29, 0.717) is 5.75 Å². The smallest absolute Gasteiger partial charge is 0.550 e. The number of benzene rings is 4. The number of ether oxygens (including phenoxy) is 2. The second kappa shape index (κ2) is 16.1. The molecular formula is C41H43B2Br2KN4O8. The molecule has 4 aromatic carbocycles. The van der Waals surface area contributed by atoms with Crippen LogP contribution in [-0.2, 0) is 23.4 Å². The Balaban J connectivity index is 0.000000198. The van der Waals surface area contributed by atoms with Crippen LogP contribution in [0.4, 0.5) is 0 Å². The Hall–Kier alpha value is -2.54. The molecule has 0 radical (unpaired) electrons. The first-order valence-corrected chi connectivity index (χ1v) is 19.7. The summed E-state index contributed by atoms with van der Waals surface area (Å²) in [5, 5.41) is 20.1. The van der Waals surface area contributed by atoms with Gasteiger partial charge in [-0.3, -0.25) is 0 Å². The van der Waals surface area contributed by atoms with E-state index >= 15 is 0 Å². The fourth-order valence-electron chi connectivity index (χ4n) is 6.81. The number of nitrogens with zero attached hydrogens (tertiary/aromatic N) is 4. The molecule has 2 saturated heterocycles. The van der Waals surface area contributed by atoms with Gasteiger partial charge in [-0.2, -0.15) is 10.2 Å². The van der Waals surface area contributed by atoms with Gasteiger partial charge in [-0.15, -0.1) is 0 Å². The molecule has 17 heteroatoms. The fourth-order valence-corrected chi connectivity index (χ4v) is 7.57. The maximum Gasteiger partial charge on any atom is 1.00 e. The van der Waals surface area contributed by atoms with Crippen LogP contribution in [0.1, 0.15) is 69.7 Å². The summed E-state index contributed by atoms with van der Waals surface area (Å²) in [6.45, 7) is 17.4. The van der Waals surface area contributed by atoms with E-state index in [1.807, 2.05) is 82.4 Å². The van der Waals surface area contributed by atoms with Crippen LogP contribution in [0.15, 0.2) is 82.0 Å². The summed E-state index contributed by atoms with van der Waals surface area (Å²) in [4.78, 5) is 8.89. The van der Waals surface area contributed by atoms with Gasteiger partial charge in [0.05, 0.1) is 34.8 Å². The summed E-state index contributed by atoms with van der Waals surface area (Å²) in [7, 11) is -0.924. The molecule has 6 heterocycles. The summed E-state index contributed by atoms with van der Waals surface area (Å²) >= 11 is 6.99. The second-order valence-electron chi connectivity index (χ2n) is 16.0. The van der Waals surface area contributed by atoms with Gasteiger partial charge >= 0.3 is 65.6 Å². The summed E-state index contributed by atoms with van der Waals surface area (Å²) in [5.74, 6) is 2.01. The molecule has 0 atom stereocenters. The maximum absolute atomic E-state index is 8.89. The van der Waals surface area contributed by atoms with E-state index in [2.05, 4.69) is 92.3 Å². The largest absolute Gasteiger partial charge is 1.00 e. The van der Waals surface area contributed by atoms with E-state index < -0.39 is 42.6 Å². The van der Waals surface area contributed by atoms with Crippen molar-refractivity contribution in [2.24, 2.45) is 0 Å². The summed E-state index contributed by atoms with van der Waals surface area (Å²) in [6.07, 6.45) is 3.71. The van der Waals surface area contributed by atoms with Crippen molar-refractivity contribution < 1.29 is 89.4 Å². The summed E-state index contributed by atoms with van der Waals surface area (Å²) in [6, 6.07) is 19.8. The van der Waals surface area contributed by atoms with E-state index in [0.717, 1.165) is 77.2 Å². The average molecular weight is 940 g/mol. The zero-order valence-corrected chi connectivity index (χ0v) is 39.7. The molecule has 4 aliphatic heterocycles. The van der Waals surface area contributed by atoms with Crippen molar-refractivity contribution >= 4 is 84.8 Å². The number of halogens is 2. The molecule has 12 nitrogen and oxygen atoms in total. The number of fused-ring (bicyclic) bond motifs is 4. The maximum atomic E-state index is 8.89. The number of hydrogen-bond acceptors (Lipinski definition) is 10. The third kappa shape index (κ3) is 7.79. The molecule has 2 aromatic heterocycles. The molecule has 296 valence electrons. The number of aliphatic carboxylic acids is 1. The minimum Gasteiger partial charge on any atom is -0.550 e. The molecule has 0 unspecified atom stereocenters. The van der Waals surface area contributed by atoms with Crippen molar-refractivity contribution in [3.8, 4) is 34.4 Å². The first kappa shape index (κ1) is 45.0. The van der Waals surface area contributed by atoms with Crippen LogP contribution in [0.25, 0.3) is 33.2 Å². The molecule has 0 bridgehead atoms. The molecule has 0 N–H and O–H groups in total. The molecule has 0 amide bonds. The van der Waals surface area contributed by atoms with Crippen LogP contribution >= 0.6 is 31.9 Å².